The van der Waals surface area contributed by atoms with Crippen LogP contribution in [0.2, 0.25) is 0 Å². The summed E-state index contributed by atoms with van der Waals surface area (Å²) >= 11 is 0. The number of nitrogens with one attached hydrogen (secondary N) is 1. The lowest BCUT2D eigenvalue weighted by molar-refractivity contribution is 0.595. The molecule has 0 saturated carbocycles. The second kappa shape index (κ2) is 6.73. The Labute approximate surface area is 141 Å². The topological polar surface area (TPSA) is 44.3 Å². The number of benzene rings is 1. The monoisotopic (exact) mass is 327 g/mol. The summed E-state index contributed by atoms with van der Waals surface area (Å²) in [5, 5.41) is 3.42. The van der Waals surface area contributed by atoms with Crippen LogP contribution in [0.1, 0.15) is 11.3 Å². The summed E-state index contributed by atoms with van der Waals surface area (Å²) in [7, 11) is 0. The van der Waals surface area contributed by atoms with Gasteiger partial charge in [0.2, 0.25) is 0 Å². The molecule has 0 bridgehead atoms. The molecule has 4 rings (SSSR count). The van der Waals surface area contributed by atoms with E-state index in [2.05, 4.69) is 25.1 Å². The highest BCUT2D eigenvalue weighted by molar-refractivity contribution is 5.53. The van der Waals surface area contributed by atoms with E-state index >= 15 is 0 Å². The van der Waals surface area contributed by atoms with Crippen LogP contribution in [0.4, 0.5) is 15.9 Å². The largest absolute Gasteiger partial charge is 0.366 e. The van der Waals surface area contributed by atoms with Crippen LogP contribution in [-0.4, -0.2) is 49.2 Å². The molecule has 24 heavy (non-hydrogen) atoms. The minimum absolute atomic E-state index is 0.145. The van der Waals surface area contributed by atoms with E-state index in [0.29, 0.717) is 5.69 Å². The Bertz CT molecular complexity index is 712. The summed E-state index contributed by atoms with van der Waals surface area (Å²) in [5.74, 6) is 0.921. The van der Waals surface area contributed by atoms with Crippen molar-refractivity contribution >= 4 is 11.5 Å². The number of halogens is 1. The third-order valence-electron chi connectivity index (χ3n) is 4.87. The van der Waals surface area contributed by atoms with Crippen molar-refractivity contribution in [3.8, 4) is 0 Å². The number of nitrogens with zero attached hydrogens (tertiary/aromatic N) is 4. The molecular formula is C18H22FN5. The Hall–Kier alpha value is -2.21. The molecule has 2 aliphatic rings. The molecule has 0 atom stereocenters. The Morgan fingerprint density at radius 3 is 2.50 bits per heavy atom. The minimum atomic E-state index is -0.145. The van der Waals surface area contributed by atoms with Gasteiger partial charge in [-0.25, -0.2) is 14.4 Å². The first kappa shape index (κ1) is 15.3. The van der Waals surface area contributed by atoms with E-state index < -0.39 is 0 Å². The normalized spacial score (nSPS) is 18.2. The van der Waals surface area contributed by atoms with Crippen molar-refractivity contribution in [3.63, 3.8) is 0 Å². The number of para-hydroxylation sites is 1. The van der Waals surface area contributed by atoms with Gasteiger partial charge in [0.1, 0.15) is 18.0 Å². The number of hydrogen-bond acceptors (Lipinski definition) is 5. The van der Waals surface area contributed by atoms with Crippen molar-refractivity contribution in [2.75, 3.05) is 49.1 Å². The number of piperazine rings is 1. The molecule has 6 heteroatoms. The summed E-state index contributed by atoms with van der Waals surface area (Å²) in [6, 6.07) is 7.01. The fourth-order valence-electron chi connectivity index (χ4n) is 3.59. The van der Waals surface area contributed by atoms with E-state index in [1.54, 1.807) is 12.4 Å². The second-order valence-electron chi connectivity index (χ2n) is 6.30. The lowest BCUT2D eigenvalue weighted by Gasteiger charge is -2.37. The van der Waals surface area contributed by atoms with Gasteiger partial charge in [-0.1, -0.05) is 12.1 Å². The minimum Gasteiger partial charge on any atom is -0.366 e. The highest BCUT2D eigenvalue weighted by Gasteiger charge is 2.23. The van der Waals surface area contributed by atoms with Gasteiger partial charge in [-0.15, -0.1) is 0 Å². The fraction of sp³-hybridized carbons (Fsp3) is 0.444. The molecular weight excluding hydrogens is 305 g/mol. The van der Waals surface area contributed by atoms with E-state index in [0.717, 1.165) is 57.9 Å². The van der Waals surface area contributed by atoms with Crippen molar-refractivity contribution < 1.29 is 4.39 Å². The highest BCUT2D eigenvalue weighted by Crippen LogP contribution is 2.25. The Morgan fingerprint density at radius 1 is 0.917 bits per heavy atom. The zero-order chi connectivity index (χ0) is 16.4. The third kappa shape index (κ3) is 2.94. The first-order chi connectivity index (χ1) is 11.8. The first-order valence-corrected chi connectivity index (χ1v) is 8.61. The zero-order valence-electron chi connectivity index (χ0n) is 13.7. The van der Waals surface area contributed by atoms with Gasteiger partial charge in [0.15, 0.2) is 0 Å². The van der Waals surface area contributed by atoms with Crippen LogP contribution < -0.4 is 15.1 Å². The maximum atomic E-state index is 14.0. The lowest BCUT2D eigenvalue weighted by Crippen LogP contribution is -2.47. The molecule has 0 spiro atoms. The van der Waals surface area contributed by atoms with Crippen molar-refractivity contribution in [1.82, 2.24) is 15.3 Å². The smallest absolute Gasteiger partial charge is 0.146 e. The van der Waals surface area contributed by atoms with Crippen LogP contribution in [0.25, 0.3) is 0 Å². The van der Waals surface area contributed by atoms with Crippen molar-refractivity contribution in [3.05, 3.63) is 47.7 Å². The number of anilines is 2. The molecule has 0 unspecified atom stereocenters. The van der Waals surface area contributed by atoms with Gasteiger partial charge in [0.05, 0.1) is 11.4 Å². The lowest BCUT2D eigenvalue weighted by atomic mass is 10.1. The molecule has 3 heterocycles. The van der Waals surface area contributed by atoms with Gasteiger partial charge in [-0.3, -0.25) is 0 Å². The molecule has 2 aliphatic heterocycles. The molecule has 5 nitrogen and oxygen atoms in total. The van der Waals surface area contributed by atoms with Crippen molar-refractivity contribution in [2.45, 2.75) is 12.8 Å². The van der Waals surface area contributed by atoms with Crippen LogP contribution in [0.3, 0.4) is 0 Å². The van der Waals surface area contributed by atoms with Crippen molar-refractivity contribution in [1.29, 1.82) is 0 Å². The molecule has 2 aromatic rings. The maximum Gasteiger partial charge on any atom is 0.146 e. The molecule has 0 aliphatic carbocycles. The zero-order valence-corrected chi connectivity index (χ0v) is 13.7. The molecule has 0 radical (unpaired) electrons. The fourth-order valence-corrected chi connectivity index (χ4v) is 3.59. The Kier molecular flexibility index (Phi) is 4.30. The quantitative estimate of drug-likeness (QED) is 0.908. The average molecular weight is 327 g/mol. The summed E-state index contributed by atoms with van der Waals surface area (Å²) < 4.78 is 14.0. The van der Waals surface area contributed by atoms with Gasteiger partial charge in [0.25, 0.3) is 0 Å². The van der Waals surface area contributed by atoms with E-state index in [1.807, 2.05) is 12.1 Å². The number of rotatable bonds is 2. The number of fused-ring (bicyclic) bond motifs is 1. The van der Waals surface area contributed by atoms with Crippen LogP contribution in [0.5, 0.6) is 0 Å². The molecule has 1 N–H and O–H groups in total. The molecule has 1 aromatic carbocycles. The SMILES string of the molecule is Fc1ccccc1N1CCN(c2ncnc3c2CCNCC3)CC1. The van der Waals surface area contributed by atoms with E-state index in [4.69, 9.17) is 0 Å². The Balaban J connectivity index is 1.51. The van der Waals surface area contributed by atoms with E-state index in [9.17, 15) is 4.39 Å². The first-order valence-electron chi connectivity index (χ1n) is 8.61. The van der Waals surface area contributed by atoms with Gasteiger partial charge < -0.3 is 15.1 Å². The van der Waals surface area contributed by atoms with Crippen LogP contribution in [0.15, 0.2) is 30.6 Å². The molecule has 0 amide bonds. The van der Waals surface area contributed by atoms with Crippen LogP contribution in [-0.2, 0) is 12.8 Å². The standard InChI is InChI=1S/C18H22FN5/c19-15-3-1-2-4-17(15)23-9-11-24(12-10-23)18-14-5-7-20-8-6-16(14)21-13-22-18/h1-4,13,20H,5-12H2. The van der Waals surface area contributed by atoms with Gasteiger partial charge in [0, 0.05) is 44.7 Å². The van der Waals surface area contributed by atoms with Gasteiger partial charge in [-0.05, 0) is 25.1 Å². The van der Waals surface area contributed by atoms with Crippen LogP contribution >= 0.6 is 0 Å². The predicted octanol–water partition coefficient (Wildman–Crippen LogP) is 1.63. The van der Waals surface area contributed by atoms with Gasteiger partial charge in [-0.2, -0.15) is 0 Å². The summed E-state index contributed by atoms with van der Waals surface area (Å²) in [6.07, 6.45) is 3.61. The summed E-state index contributed by atoms with van der Waals surface area (Å²) in [4.78, 5) is 13.5. The van der Waals surface area contributed by atoms with E-state index in [-0.39, 0.29) is 5.82 Å². The van der Waals surface area contributed by atoms with Crippen LogP contribution in [0, 0.1) is 5.82 Å². The molecule has 126 valence electrons. The molecule has 1 saturated heterocycles. The van der Waals surface area contributed by atoms with E-state index in [1.165, 1.54) is 17.3 Å². The maximum absolute atomic E-state index is 14.0. The van der Waals surface area contributed by atoms with Crippen molar-refractivity contribution in [2.24, 2.45) is 0 Å². The summed E-state index contributed by atoms with van der Waals surface area (Å²) in [6.45, 7) is 5.26. The number of aromatic nitrogens is 2. The summed E-state index contributed by atoms with van der Waals surface area (Å²) in [5.41, 5.74) is 3.14. The number of hydrogen-bond donors (Lipinski definition) is 1. The van der Waals surface area contributed by atoms with Gasteiger partial charge >= 0.3 is 0 Å². The highest BCUT2D eigenvalue weighted by atomic mass is 19.1. The Morgan fingerprint density at radius 2 is 1.67 bits per heavy atom. The average Bonchev–Trinajstić information content (AvgIpc) is 2.88. The molecule has 1 aromatic heterocycles. The third-order valence-corrected chi connectivity index (χ3v) is 4.87. The second-order valence-corrected chi connectivity index (χ2v) is 6.30. The predicted molar refractivity (Wildman–Crippen MR) is 93.1 cm³/mol. The molecule has 1 fully saturated rings.